The molecule has 2 N–H and O–H groups in total. The Morgan fingerprint density at radius 1 is 1.18 bits per heavy atom. The maximum atomic E-state index is 13.9. The number of halogens is 1. The molecule has 6 nitrogen and oxygen atoms in total. The number of carbonyl (C=O) groups excluding carboxylic acids is 1. The van der Waals surface area contributed by atoms with Crippen LogP contribution in [0.4, 0.5) is 4.39 Å². The van der Waals surface area contributed by atoms with E-state index in [1.54, 1.807) is 24.1 Å². The van der Waals surface area contributed by atoms with E-state index in [1.165, 1.54) is 12.1 Å². The van der Waals surface area contributed by atoms with Gasteiger partial charge in [0.25, 0.3) is 5.91 Å². The number of pyridine rings is 2. The summed E-state index contributed by atoms with van der Waals surface area (Å²) in [6.45, 7) is 3.76. The molecule has 1 saturated heterocycles. The molecule has 0 aliphatic carbocycles. The first-order valence-corrected chi connectivity index (χ1v) is 9.25. The van der Waals surface area contributed by atoms with Gasteiger partial charge in [-0.05, 0) is 43.3 Å². The van der Waals surface area contributed by atoms with Crippen LogP contribution < -0.4 is 10.9 Å². The maximum absolute atomic E-state index is 13.9. The van der Waals surface area contributed by atoms with Crippen molar-refractivity contribution in [3.8, 4) is 0 Å². The van der Waals surface area contributed by atoms with Gasteiger partial charge in [0.15, 0.2) is 0 Å². The van der Waals surface area contributed by atoms with Crippen LogP contribution in [-0.4, -0.2) is 40.9 Å². The highest BCUT2D eigenvalue weighted by atomic mass is 19.1. The number of aromatic nitrogens is 2. The molecule has 0 bridgehead atoms. The van der Waals surface area contributed by atoms with Crippen molar-refractivity contribution in [2.75, 3.05) is 20.1 Å². The van der Waals surface area contributed by atoms with E-state index >= 15 is 0 Å². The van der Waals surface area contributed by atoms with Crippen molar-refractivity contribution in [1.29, 1.82) is 0 Å². The van der Waals surface area contributed by atoms with Crippen LogP contribution in [0.3, 0.4) is 0 Å². The summed E-state index contributed by atoms with van der Waals surface area (Å²) in [5.41, 5.74) is 9.78. The highest BCUT2D eigenvalue weighted by molar-refractivity contribution is 6.06. The molecule has 7 heteroatoms. The molecule has 0 atom stereocenters. The average molecular weight is 379 g/mol. The second kappa shape index (κ2) is 7.61. The number of rotatable bonds is 4. The van der Waals surface area contributed by atoms with Crippen molar-refractivity contribution < 1.29 is 9.18 Å². The molecule has 144 valence electrons. The summed E-state index contributed by atoms with van der Waals surface area (Å²) in [5.74, 6) is -0.408. The largest absolute Gasteiger partial charge is 0.336 e. The minimum Gasteiger partial charge on any atom is -0.336 e. The van der Waals surface area contributed by atoms with E-state index in [9.17, 15) is 9.18 Å². The predicted octanol–water partition coefficient (Wildman–Crippen LogP) is 2.54. The Morgan fingerprint density at radius 2 is 1.96 bits per heavy atom. The maximum Gasteiger partial charge on any atom is 0.254 e. The zero-order valence-corrected chi connectivity index (χ0v) is 15.9. The first-order valence-electron chi connectivity index (χ1n) is 9.25. The normalized spacial score (nSPS) is 14.5. The lowest BCUT2D eigenvalue weighted by molar-refractivity contribution is 0.0785. The summed E-state index contributed by atoms with van der Waals surface area (Å²) >= 11 is 0. The number of amides is 1. The molecule has 1 aliphatic heterocycles. The van der Waals surface area contributed by atoms with Crippen LogP contribution >= 0.6 is 0 Å². The minimum atomic E-state index is -0.386. The van der Waals surface area contributed by atoms with Crippen LogP contribution in [0, 0.1) is 12.7 Å². The second-order valence-electron chi connectivity index (χ2n) is 7.15. The zero-order chi connectivity index (χ0) is 19.7. The second-order valence-corrected chi connectivity index (χ2v) is 7.15. The fourth-order valence-electron chi connectivity index (χ4n) is 3.48. The van der Waals surface area contributed by atoms with Gasteiger partial charge >= 0.3 is 0 Å². The number of hydrogen-bond acceptors (Lipinski definition) is 5. The van der Waals surface area contributed by atoms with Crippen molar-refractivity contribution in [2.45, 2.75) is 19.4 Å². The SMILES string of the molecule is Cc1cccc(CN(C)C(=O)c2cc(C3CNNC3)nc3ccc(F)cc23)n1. The van der Waals surface area contributed by atoms with E-state index in [4.69, 9.17) is 0 Å². The van der Waals surface area contributed by atoms with Gasteiger partial charge in [0.1, 0.15) is 5.82 Å². The molecule has 28 heavy (non-hydrogen) atoms. The third kappa shape index (κ3) is 3.72. The molecule has 1 aromatic carbocycles. The van der Waals surface area contributed by atoms with Gasteiger partial charge in [-0.3, -0.25) is 25.6 Å². The standard InChI is InChI=1S/C21H22FN5O/c1-13-4-3-5-16(25-13)12-27(2)21(28)18-9-20(14-10-23-24-11-14)26-19-7-6-15(22)8-17(18)19/h3-9,14,23-24H,10-12H2,1-2H3. The molecular formula is C21H22FN5O. The first-order chi connectivity index (χ1) is 13.5. The van der Waals surface area contributed by atoms with Gasteiger partial charge in [-0.1, -0.05) is 6.07 Å². The predicted molar refractivity (Wildman–Crippen MR) is 105 cm³/mol. The van der Waals surface area contributed by atoms with Crippen LogP contribution in [0.15, 0.2) is 42.5 Å². The third-order valence-corrected chi connectivity index (χ3v) is 4.95. The molecule has 3 heterocycles. The average Bonchev–Trinajstić information content (AvgIpc) is 3.21. The van der Waals surface area contributed by atoms with E-state index in [0.29, 0.717) is 23.0 Å². The van der Waals surface area contributed by atoms with Crippen molar-refractivity contribution in [2.24, 2.45) is 0 Å². The Bertz CT molecular complexity index is 1030. The van der Waals surface area contributed by atoms with Gasteiger partial charge in [-0.25, -0.2) is 4.39 Å². The van der Waals surface area contributed by atoms with Crippen LogP contribution in [0.25, 0.3) is 10.9 Å². The highest BCUT2D eigenvalue weighted by Crippen LogP contribution is 2.25. The summed E-state index contributed by atoms with van der Waals surface area (Å²) in [4.78, 5) is 24.0. The number of aryl methyl sites for hydroxylation is 1. The number of hydrazine groups is 1. The van der Waals surface area contributed by atoms with Crippen LogP contribution in [0.5, 0.6) is 0 Å². The molecule has 1 amide bonds. The number of benzene rings is 1. The Balaban J connectivity index is 1.72. The first kappa shape index (κ1) is 18.5. The van der Waals surface area contributed by atoms with E-state index < -0.39 is 0 Å². The Morgan fingerprint density at radius 3 is 2.71 bits per heavy atom. The van der Waals surface area contributed by atoms with Crippen molar-refractivity contribution in [1.82, 2.24) is 25.7 Å². The summed E-state index contributed by atoms with van der Waals surface area (Å²) in [5, 5.41) is 0.525. The third-order valence-electron chi connectivity index (χ3n) is 4.95. The fraction of sp³-hybridized carbons (Fsp3) is 0.286. The van der Waals surface area contributed by atoms with Crippen molar-refractivity contribution in [3.63, 3.8) is 0 Å². The molecule has 0 saturated carbocycles. The van der Waals surface area contributed by atoms with Crippen LogP contribution in [0.2, 0.25) is 0 Å². The van der Waals surface area contributed by atoms with Gasteiger partial charge in [0.05, 0.1) is 23.3 Å². The molecule has 0 unspecified atom stereocenters. The number of hydrogen-bond donors (Lipinski definition) is 2. The summed E-state index contributed by atoms with van der Waals surface area (Å²) in [6, 6.07) is 11.9. The number of fused-ring (bicyclic) bond motifs is 1. The molecule has 3 aromatic rings. The van der Waals surface area contributed by atoms with Crippen molar-refractivity contribution >= 4 is 16.8 Å². The lowest BCUT2D eigenvalue weighted by Crippen LogP contribution is -2.27. The number of nitrogens with zero attached hydrogens (tertiary/aromatic N) is 3. The van der Waals surface area contributed by atoms with Crippen LogP contribution in [0.1, 0.15) is 33.4 Å². The summed E-state index contributed by atoms with van der Waals surface area (Å²) in [7, 11) is 1.73. The molecular weight excluding hydrogens is 357 g/mol. The fourth-order valence-corrected chi connectivity index (χ4v) is 3.48. The highest BCUT2D eigenvalue weighted by Gasteiger charge is 2.23. The topological polar surface area (TPSA) is 70.2 Å². The minimum absolute atomic E-state index is 0.157. The number of carbonyl (C=O) groups is 1. The molecule has 0 spiro atoms. The van der Waals surface area contributed by atoms with E-state index in [2.05, 4.69) is 20.8 Å². The van der Waals surface area contributed by atoms with E-state index in [1.807, 2.05) is 25.1 Å². The Kier molecular flexibility index (Phi) is 5.02. The quantitative estimate of drug-likeness (QED) is 0.729. The Labute approximate surface area is 162 Å². The Hall–Kier alpha value is -2.90. The van der Waals surface area contributed by atoms with E-state index in [-0.39, 0.29) is 17.6 Å². The van der Waals surface area contributed by atoms with Gasteiger partial charge in [0.2, 0.25) is 0 Å². The monoisotopic (exact) mass is 379 g/mol. The van der Waals surface area contributed by atoms with Gasteiger partial charge in [-0.2, -0.15) is 0 Å². The molecule has 4 rings (SSSR count). The van der Waals surface area contributed by atoms with Crippen LogP contribution in [-0.2, 0) is 6.54 Å². The van der Waals surface area contributed by atoms with E-state index in [0.717, 1.165) is 30.2 Å². The molecule has 0 radical (unpaired) electrons. The smallest absolute Gasteiger partial charge is 0.254 e. The van der Waals surface area contributed by atoms with Crippen molar-refractivity contribution in [3.05, 3.63) is 70.9 Å². The lowest BCUT2D eigenvalue weighted by atomic mass is 10.00. The van der Waals surface area contributed by atoms with Gasteiger partial charge < -0.3 is 4.90 Å². The summed E-state index contributed by atoms with van der Waals surface area (Å²) < 4.78 is 13.9. The molecule has 2 aromatic heterocycles. The van der Waals surface area contributed by atoms with Gasteiger partial charge in [0, 0.05) is 42.8 Å². The lowest BCUT2D eigenvalue weighted by Gasteiger charge is -2.19. The number of nitrogens with one attached hydrogen (secondary N) is 2. The molecule has 1 aliphatic rings. The zero-order valence-electron chi connectivity index (χ0n) is 15.9. The molecule has 1 fully saturated rings. The summed E-state index contributed by atoms with van der Waals surface area (Å²) in [6.07, 6.45) is 0. The van der Waals surface area contributed by atoms with Gasteiger partial charge in [-0.15, -0.1) is 0 Å².